The number of aromatic hydroxyl groups is 1. The molecule has 1 atom stereocenters. The number of fused-ring (bicyclic) bond motifs is 1. The van der Waals surface area contributed by atoms with Gasteiger partial charge in [-0.3, -0.25) is 9.59 Å². The number of aromatic nitrogens is 2. The van der Waals surface area contributed by atoms with Gasteiger partial charge in [-0.1, -0.05) is 23.8 Å². The summed E-state index contributed by atoms with van der Waals surface area (Å²) in [6.45, 7) is 3.41. The molecule has 3 heterocycles. The highest BCUT2D eigenvalue weighted by atomic mass is 16.6. The smallest absolute Gasteiger partial charge is 0.312 e. The Labute approximate surface area is 180 Å². The van der Waals surface area contributed by atoms with E-state index in [1.165, 1.54) is 0 Å². The number of carbonyl (C=O) groups excluding carboxylic acids is 2. The zero-order valence-corrected chi connectivity index (χ0v) is 17.5. The average Bonchev–Trinajstić information content (AvgIpc) is 3.31. The van der Waals surface area contributed by atoms with E-state index >= 15 is 0 Å². The van der Waals surface area contributed by atoms with Crippen LogP contribution in [-0.2, 0) is 16.1 Å². The number of piperidine rings is 1. The number of esters is 1. The third-order valence-corrected chi connectivity index (χ3v) is 6.64. The van der Waals surface area contributed by atoms with E-state index in [1.807, 2.05) is 35.8 Å². The zero-order chi connectivity index (χ0) is 21.6. The van der Waals surface area contributed by atoms with E-state index in [4.69, 9.17) is 4.74 Å². The molecule has 160 valence electrons. The van der Waals surface area contributed by atoms with Crippen LogP contribution in [0.25, 0.3) is 11.0 Å². The molecule has 2 aliphatic rings. The Kier molecular flexibility index (Phi) is 4.68. The van der Waals surface area contributed by atoms with Gasteiger partial charge in [-0.2, -0.15) is 0 Å². The number of para-hydroxylation sites is 2. The highest BCUT2D eigenvalue weighted by Gasteiger charge is 2.51. The molecule has 2 aromatic carbocycles. The maximum absolute atomic E-state index is 12.9. The summed E-state index contributed by atoms with van der Waals surface area (Å²) in [6, 6.07) is 12.9. The molecule has 0 saturated carbocycles. The fourth-order valence-corrected chi connectivity index (χ4v) is 4.85. The zero-order valence-electron chi connectivity index (χ0n) is 17.5. The van der Waals surface area contributed by atoms with Crippen LogP contribution in [0.3, 0.4) is 0 Å². The third-order valence-electron chi connectivity index (χ3n) is 6.64. The molecule has 2 saturated heterocycles. The Hall–Kier alpha value is -3.35. The first-order valence-corrected chi connectivity index (χ1v) is 10.7. The molecule has 1 amide bonds. The fourth-order valence-electron chi connectivity index (χ4n) is 4.85. The maximum atomic E-state index is 12.9. The van der Waals surface area contributed by atoms with Crippen molar-refractivity contribution in [1.29, 1.82) is 0 Å². The summed E-state index contributed by atoms with van der Waals surface area (Å²) in [4.78, 5) is 31.8. The number of phenols is 1. The number of nitrogens with zero attached hydrogens (tertiary/aromatic N) is 3. The van der Waals surface area contributed by atoms with Crippen LogP contribution in [0.15, 0.2) is 48.8 Å². The van der Waals surface area contributed by atoms with Crippen LogP contribution in [-0.4, -0.2) is 50.6 Å². The number of ether oxygens (including phenoxy) is 1. The second kappa shape index (κ2) is 7.41. The molecule has 0 bridgehead atoms. The van der Waals surface area contributed by atoms with Crippen molar-refractivity contribution in [3.63, 3.8) is 0 Å². The monoisotopic (exact) mass is 419 g/mol. The van der Waals surface area contributed by atoms with E-state index in [0.717, 1.165) is 16.6 Å². The summed E-state index contributed by atoms with van der Waals surface area (Å²) in [5, 5.41) is 10.1. The van der Waals surface area contributed by atoms with E-state index in [-0.39, 0.29) is 23.7 Å². The number of phenolic OH excluding ortho intramolecular Hbond substituents is 1. The van der Waals surface area contributed by atoms with Crippen LogP contribution in [0, 0.1) is 12.3 Å². The van der Waals surface area contributed by atoms with Gasteiger partial charge in [0.15, 0.2) is 0 Å². The molecular weight excluding hydrogens is 394 g/mol. The minimum atomic E-state index is -0.535. The van der Waals surface area contributed by atoms with Crippen LogP contribution in [0.4, 0.5) is 0 Å². The molecule has 2 aliphatic heterocycles. The van der Waals surface area contributed by atoms with Crippen molar-refractivity contribution in [1.82, 2.24) is 14.5 Å². The summed E-state index contributed by atoms with van der Waals surface area (Å²) in [6.07, 6.45) is 3.39. The lowest BCUT2D eigenvalue weighted by Gasteiger charge is -2.36. The van der Waals surface area contributed by atoms with Gasteiger partial charge in [0.1, 0.15) is 11.9 Å². The van der Waals surface area contributed by atoms with Gasteiger partial charge in [-0.25, -0.2) is 4.98 Å². The number of hydrogen-bond donors (Lipinski definition) is 1. The minimum Gasteiger partial charge on any atom is -0.507 e. The van der Waals surface area contributed by atoms with Gasteiger partial charge in [0, 0.05) is 19.5 Å². The van der Waals surface area contributed by atoms with Gasteiger partial charge in [-0.05, 0) is 44.0 Å². The van der Waals surface area contributed by atoms with Crippen molar-refractivity contribution in [3.05, 3.63) is 59.9 Å². The topological polar surface area (TPSA) is 84.7 Å². The predicted molar refractivity (Wildman–Crippen MR) is 115 cm³/mol. The first-order valence-electron chi connectivity index (χ1n) is 10.7. The first kappa shape index (κ1) is 19.6. The van der Waals surface area contributed by atoms with Crippen molar-refractivity contribution in [2.24, 2.45) is 5.41 Å². The van der Waals surface area contributed by atoms with E-state index in [9.17, 15) is 14.7 Å². The highest BCUT2D eigenvalue weighted by molar-refractivity contribution is 5.97. The highest BCUT2D eigenvalue weighted by Crippen LogP contribution is 2.44. The fraction of sp³-hybridized carbons (Fsp3) is 0.375. The summed E-state index contributed by atoms with van der Waals surface area (Å²) >= 11 is 0. The molecule has 0 radical (unpaired) electrons. The number of carbonyl (C=O) groups is 2. The summed E-state index contributed by atoms with van der Waals surface area (Å²) in [5.41, 5.74) is 2.65. The van der Waals surface area contributed by atoms with Gasteiger partial charge in [0.25, 0.3) is 5.91 Å². The number of hydrogen-bond acceptors (Lipinski definition) is 5. The largest absolute Gasteiger partial charge is 0.507 e. The molecule has 7 heteroatoms. The number of imidazole rings is 1. The Morgan fingerprint density at radius 3 is 2.81 bits per heavy atom. The lowest BCUT2D eigenvalue weighted by Crippen LogP contribution is -2.45. The molecule has 1 unspecified atom stereocenters. The second-order valence-corrected chi connectivity index (χ2v) is 8.71. The summed E-state index contributed by atoms with van der Waals surface area (Å²) in [5.74, 6) is -0.361. The Morgan fingerprint density at radius 2 is 2.00 bits per heavy atom. The van der Waals surface area contributed by atoms with Crippen LogP contribution >= 0.6 is 0 Å². The van der Waals surface area contributed by atoms with Gasteiger partial charge in [0.2, 0.25) is 0 Å². The first-order chi connectivity index (χ1) is 14.9. The van der Waals surface area contributed by atoms with Crippen LogP contribution < -0.4 is 0 Å². The lowest BCUT2D eigenvalue weighted by molar-refractivity contribution is -0.150. The molecule has 1 aromatic heterocycles. The van der Waals surface area contributed by atoms with E-state index in [1.54, 1.807) is 29.4 Å². The van der Waals surface area contributed by atoms with Gasteiger partial charge < -0.3 is 19.3 Å². The molecular formula is C24H25N3O4. The number of amides is 1. The summed E-state index contributed by atoms with van der Waals surface area (Å²) in [7, 11) is 0. The van der Waals surface area contributed by atoms with Crippen molar-refractivity contribution in [2.75, 3.05) is 13.1 Å². The van der Waals surface area contributed by atoms with Crippen LogP contribution in [0.2, 0.25) is 0 Å². The minimum absolute atomic E-state index is 0.0104. The Morgan fingerprint density at radius 1 is 1.23 bits per heavy atom. The molecule has 2 fully saturated rings. The molecule has 1 N–H and O–H groups in total. The number of likely N-dealkylation sites (tertiary alicyclic amines) is 1. The van der Waals surface area contributed by atoms with Crippen molar-refractivity contribution in [3.8, 4) is 5.75 Å². The molecule has 3 aromatic rings. The van der Waals surface area contributed by atoms with Crippen molar-refractivity contribution in [2.45, 2.75) is 38.8 Å². The molecule has 0 aliphatic carbocycles. The standard InChI is InChI=1S/C24H25N3O4/c1-16-6-7-21(28)18(12-16)22(29)26-10-8-24(9-11-26)13-17(31-23(24)30)14-27-15-25-19-4-2-3-5-20(19)27/h2-7,12,15,17,28H,8-11,13-14H2,1H3. The van der Waals surface area contributed by atoms with Crippen molar-refractivity contribution >= 4 is 22.9 Å². The molecule has 7 nitrogen and oxygen atoms in total. The molecule has 31 heavy (non-hydrogen) atoms. The summed E-state index contributed by atoms with van der Waals surface area (Å²) < 4.78 is 7.79. The normalized spacial score (nSPS) is 20.4. The molecule has 1 spiro atoms. The quantitative estimate of drug-likeness (QED) is 0.659. The third kappa shape index (κ3) is 3.44. The van der Waals surface area contributed by atoms with Gasteiger partial charge >= 0.3 is 5.97 Å². The maximum Gasteiger partial charge on any atom is 0.312 e. The Balaban J connectivity index is 1.26. The van der Waals surface area contributed by atoms with Gasteiger partial charge in [0.05, 0.1) is 34.9 Å². The predicted octanol–water partition coefficient (Wildman–Crippen LogP) is 3.29. The number of rotatable bonds is 3. The number of aryl methyl sites for hydroxylation is 1. The van der Waals surface area contributed by atoms with Crippen molar-refractivity contribution < 1.29 is 19.4 Å². The van der Waals surface area contributed by atoms with Crippen LogP contribution in [0.1, 0.15) is 35.2 Å². The van der Waals surface area contributed by atoms with Crippen LogP contribution in [0.5, 0.6) is 5.75 Å². The van der Waals surface area contributed by atoms with Gasteiger partial charge in [-0.15, -0.1) is 0 Å². The second-order valence-electron chi connectivity index (χ2n) is 8.71. The SMILES string of the molecule is Cc1ccc(O)c(C(=O)N2CCC3(CC2)CC(Cn2cnc4ccccc42)OC3=O)c1. The number of cyclic esters (lactones) is 1. The van der Waals surface area contributed by atoms with E-state index < -0.39 is 5.41 Å². The van der Waals surface area contributed by atoms with E-state index in [0.29, 0.717) is 44.5 Å². The lowest BCUT2D eigenvalue weighted by atomic mass is 9.76. The average molecular weight is 419 g/mol. The van der Waals surface area contributed by atoms with E-state index in [2.05, 4.69) is 4.98 Å². The molecule has 5 rings (SSSR count). The number of benzene rings is 2. The Bertz CT molecular complexity index is 1160.